The molecule has 0 radical (unpaired) electrons. The van der Waals surface area contributed by atoms with E-state index < -0.39 is 10.0 Å². The molecular formula is C17H21N3O2S2. The van der Waals surface area contributed by atoms with Crippen molar-refractivity contribution in [2.24, 2.45) is 0 Å². The van der Waals surface area contributed by atoms with Gasteiger partial charge in [-0.1, -0.05) is 17.7 Å². The van der Waals surface area contributed by atoms with E-state index in [1.807, 2.05) is 6.07 Å². The van der Waals surface area contributed by atoms with Crippen LogP contribution in [0.5, 0.6) is 0 Å². The quantitative estimate of drug-likeness (QED) is 0.722. The molecule has 2 aromatic heterocycles. The van der Waals surface area contributed by atoms with Gasteiger partial charge in [0, 0.05) is 6.54 Å². The van der Waals surface area contributed by atoms with E-state index in [0.29, 0.717) is 5.82 Å². The largest absolute Gasteiger partial charge is 0.383 e. The van der Waals surface area contributed by atoms with E-state index in [4.69, 9.17) is 0 Å². The molecule has 24 heavy (non-hydrogen) atoms. The lowest BCUT2D eigenvalue weighted by Gasteiger charge is -2.13. The maximum atomic E-state index is 12.1. The highest BCUT2D eigenvalue weighted by Crippen LogP contribution is 2.21. The second-order valence-electron chi connectivity index (χ2n) is 5.75. The third-order valence-corrected chi connectivity index (χ3v) is 6.67. The summed E-state index contributed by atoms with van der Waals surface area (Å²) in [6.07, 6.45) is 10.1. The van der Waals surface area contributed by atoms with Crippen LogP contribution in [-0.4, -0.2) is 19.9 Å². The predicted molar refractivity (Wildman–Crippen MR) is 99.0 cm³/mol. The van der Waals surface area contributed by atoms with Gasteiger partial charge in [-0.3, -0.25) is 4.72 Å². The van der Waals surface area contributed by atoms with Crippen molar-refractivity contribution in [2.75, 3.05) is 16.6 Å². The van der Waals surface area contributed by atoms with E-state index in [0.717, 1.165) is 18.7 Å². The summed E-state index contributed by atoms with van der Waals surface area (Å²) < 4.78 is 27.0. The Morgan fingerprint density at radius 1 is 1.21 bits per heavy atom. The lowest BCUT2D eigenvalue weighted by Crippen LogP contribution is -2.12. The monoisotopic (exact) mass is 363 g/mol. The van der Waals surface area contributed by atoms with Crippen LogP contribution < -0.4 is 10.0 Å². The normalized spacial score (nSPS) is 14.9. The molecule has 0 spiro atoms. The molecule has 7 heteroatoms. The molecule has 0 aromatic carbocycles. The van der Waals surface area contributed by atoms with Gasteiger partial charge in [0.15, 0.2) is 0 Å². The molecule has 1 aliphatic rings. The molecule has 128 valence electrons. The zero-order chi connectivity index (χ0) is 16.8. The number of pyridine rings is 1. The number of hydrogen-bond donors (Lipinski definition) is 2. The van der Waals surface area contributed by atoms with Crippen molar-refractivity contribution in [3.63, 3.8) is 0 Å². The Labute approximate surface area is 146 Å². The van der Waals surface area contributed by atoms with Crippen LogP contribution in [0.4, 0.5) is 11.5 Å². The number of anilines is 2. The van der Waals surface area contributed by atoms with E-state index in [2.05, 4.69) is 21.1 Å². The minimum Gasteiger partial charge on any atom is -0.383 e. The Morgan fingerprint density at radius 3 is 2.79 bits per heavy atom. The lowest BCUT2D eigenvalue weighted by atomic mass is 9.97. The van der Waals surface area contributed by atoms with Crippen LogP contribution in [0.15, 0.2) is 51.7 Å². The fourth-order valence-electron chi connectivity index (χ4n) is 2.66. The molecule has 3 rings (SSSR count). The topological polar surface area (TPSA) is 71.1 Å². The number of aromatic nitrogens is 1. The number of nitrogens with zero attached hydrogens (tertiary/aromatic N) is 1. The van der Waals surface area contributed by atoms with E-state index in [9.17, 15) is 8.42 Å². The highest BCUT2D eigenvalue weighted by molar-refractivity contribution is 7.94. The first-order valence-electron chi connectivity index (χ1n) is 8.08. The number of thiophene rings is 1. The van der Waals surface area contributed by atoms with E-state index in [1.165, 1.54) is 42.6 Å². The van der Waals surface area contributed by atoms with Gasteiger partial charge in [0.05, 0.1) is 11.9 Å². The van der Waals surface area contributed by atoms with Crippen LogP contribution >= 0.6 is 11.3 Å². The fraction of sp³-hybridized carbons (Fsp3) is 0.353. The molecule has 0 atom stereocenters. The summed E-state index contributed by atoms with van der Waals surface area (Å²) in [6, 6.07) is 6.80. The van der Waals surface area contributed by atoms with Crippen LogP contribution in [0, 0.1) is 0 Å². The summed E-state index contributed by atoms with van der Waals surface area (Å²) in [5.74, 6) is 0.323. The average Bonchev–Trinajstić information content (AvgIpc) is 3.13. The Balaban J connectivity index is 1.53. The molecule has 2 N–H and O–H groups in total. The van der Waals surface area contributed by atoms with Gasteiger partial charge in [-0.15, -0.1) is 11.3 Å². The van der Waals surface area contributed by atoms with Crippen molar-refractivity contribution < 1.29 is 8.42 Å². The minimum atomic E-state index is -3.54. The van der Waals surface area contributed by atoms with Gasteiger partial charge >= 0.3 is 0 Å². The molecule has 0 saturated heterocycles. The molecular weight excluding hydrogens is 342 g/mol. The van der Waals surface area contributed by atoms with E-state index in [-0.39, 0.29) is 4.21 Å². The summed E-state index contributed by atoms with van der Waals surface area (Å²) in [4.78, 5) is 4.18. The highest BCUT2D eigenvalue weighted by atomic mass is 32.2. The van der Waals surface area contributed by atoms with Crippen molar-refractivity contribution in [2.45, 2.75) is 36.3 Å². The Bertz CT molecular complexity index is 782. The first kappa shape index (κ1) is 17.0. The molecule has 0 fully saturated rings. The number of nitrogens with one attached hydrogen (secondary N) is 2. The van der Waals surface area contributed by atoms with Crippen LogP contribution in [-0.2, 0) is 10.0 Å². The smallest absolute Gasteiger partial charge is 0.272 e. The molecule has 0 saturated carbocycles. The van der Waals surface area contributed by atoms with Gasteiger partial charge in [-0.25, -0.2) is 13.4 Å². The van der Waals surface area contributed by atoms with Crippen LogP contribution in [0.25, 0.3) is 0 Å². The van der Waals surface area contributed by atoms with Gasteiger partial charge in [0.1, 0.15) is 10.0 Å². The summed E-state index contributed by atoms with van der Waals surface area (Å²) in [7, 11) is -3.54. The van der Waals surface area contributed by atoms with Gasteiger partial charge in [0.25, 0.3) is 10.0 Å². The summed E-state index contributed by atoms with van der Waals surface area (Å²) >= 11 is 1.18. The van der Waals surface area contributed by atoms with Crippen LogP contribution in [0.1, 0.15) is 32.1 Å². The van der Waals surface area contributed by atoms with Gasteiger partial charge in [-0.2, -0.15) is 0 Å². The second kappa shape index (κ2) is 7.81. The van der Waals surface area contributed by atoms with Crippen LogP contribution in [0.2, 0.25) is 0 Å². The van der Waals surface area contributed by atoms with Crippen molar-refractivity contribution in [3.8, 4) is 0 Å². The highest BCUT2D eigenvalue weighted by Gasteiger charge is 2.15. The molecule has 2 aromatic rings. The summed E-state index contributed by atoms with van der Waals surface area (Å²) in [5, 5.41) is 5.06. The standard InChI is InChI=1S/C17H21N3O2S2/c21-24(22,17-7-4-12-23-17)20-16-9-8-15(13-19-16)18-11-10-14-5-2-1-3-6-14/h4-5,7-9,12-13,18H,1-3,6,10-11H2,(H,19,20). The van der Waals surface area contributed by atoms with E-state index in [1.54, 1.807) is 29.8 Å². The maximum Gasteiger partial charge on any atom is 0.272 e. The Morgan fingerprint density at radius 2 is 2.12 bits per heavy atom. The third-order valence-electron chi connectivity index (χ3n) is 3.92. The van der Waals surface area contributed by atoms with Crippen molar-refractivity contribution in [1.82, 2.24) is 4.98 Å². The van der Waals surface area contributed by atoms with Crippen molar-refractivity contribution in [3.05, 3.63) is 47.5 Å². The molecule has 0 bridgehead atoms. The van der Waals surface area contributed by atoms with Crippen molar-refractivity contribution >= 4 is 32.9 Å². The zero-order valence-electron chi connectivity index (χ0n) is 13.4. The maximum absolute atomic E-state index is 12.1. The van der Waals surface area contributed by atoms with Crippen molar-refractivity contribution in [1.29, 1.82) is 0 Å². The Kier molecular flexibility index (Phi) is 5.52. The number of sulfonamides is 1. The third kappa shape index (κ3) is 4.58. The first-order valence-corrected chi connectivity index (χ1v) is 10.4. The van der Waals surface area contributed by atoms with Crippen LogP contribution in [0.3, 0.4) is 0 Å². The van der Waals surface area contributed by atoms with Gasteiger partial charge in [-0.05, 0) is 55.7 Å². The summed E-state index contributed by atoms with van der Waals surface area (Å²) in [5.41, 5.74) is 2.42. The molecule has 0 aliphatic heterocycles. The molecule has 1 aliphatic carbocycles. The fourth-order valence-corrected chi connectivity index (χ4v) is 4.66. The number of allylic oxidation sites excluding steroid dienone is 1. The average molecular weight is 364 g/mol. The number of rotatable bonds is 7. The Hall–Kier alpha value is -1.86. The lowest BCUT2D eigenvalue weighted by molar-refractivity contribution is 0.603. The summed E-state index contributed by atoms with van der Waals surface area (Å²) in [6.45, 7) is 0.869. The first-order chi connectivity index (χ1) is 11.6. The molecule has 0 amide bonds. The zero-order valence-corrected chi connectivity index (χ0v) is 15.0. The second-order valence-corrected chi connectivity index (χ2v) is 8.61. The molecule has 0 unspecified atom stereocenters. The molecule has 5 nitrogen and oxygen atoms in total. The van der Waals surface area contributed by atoms with E-state index >= 15 is 0 Å². The van der Waals surface area contributed by atoms with Gasteiger partial charge < -0.3 is 5.32 Å². The van der Waals surface area contributed by atoms with Gasteiger partial charge in [0.2, 0.25) is 0 Å². The minimum absolute atomic E-state index is 0.284. The number of hydrogen-bond acceptors (Lipinski definition) is 5. The SMILES string of the molecule is O=S(=O)(Nc1ccc(NCCC2=CCCCC2)cn1)c1cccs1. The molecule has 2 heterocycles. The predicted octanol–water partition coefficient (Wildman–Crippen LogP) is 4.25.